The molecule has 0 aromatic carbocycles. The smallest absolute Gasteiger partial charge is 0.332 e. The van der Waals surface area contributed by atoms with Gasteiger partial charge in [-0.05, 0) is 18.8 Å². The Balaban J connectivity index is 2.32. The minimum Gasteiger partial charge on any atom is -0.479 e. The van der Waals surface area contributed by atoms with Crippen molar-refractivity contribution in [3.05, 3.63) is 0 Å². The van der Waals surface area contributed by atoms with E-state index < -0.39 is 18.2 Å². The van der Waals surface area contributed by atoms with Crippen LogP contribution in [0.2, 0.25) is 0 Å². The summed E-state index contributed by atoms with van der Waals surface area (Å²) in [4.78, 5) is 22.4. The minimum absolute atomic E-state index is 0.180. The molecule has 1 fully saturated rings. The zero-order valence-corrected chi connectivity index (χ0v) is 10.4. The van der Waals surface area contributed by atoms with E-state index in [1.807, 2.05) is 0 Å². The molecule has 1 aliphatic heterocycles. The first-order valence-electron chi connectivity index (χ1n) is 6.24. The van der Waals surface area contributed by atoms with E-state index in [2.05, 4.69) is 19.2 Å². The second-order valence-corrected chi connectivity index (χ2v) is 4.46. The number of carbonyl (C=O) groups is 2. The molecule has 0 aromatic heterocycles. The number of nitrogens with one attached hydrogen (secondary N) is 1. The highest BCUT2D eigenvalue weighted by atomic mass is 16.5. The summed E-state index contributed by atoms with van der Waals surface area (Å²) in [5.41, 5.74) is 0. The van der Waals surface area contributed by atoms with Crippen LogP contribution in [0.3, 0.4) is 0 Å². The Bertz CT molecular complexity index is 276. The summed E-state index contributed by atoms with van der Waals surface area (Å²) in [6, 6.07) is 0. The molecule has 0 aliphatic carbocycles. The van der Waals surface area contributed by atoms with Crippen LogP contribution in [0, 0.1) is 5.92 Å². The Hall–Kier alpha value is -1.10. The van der Waals surface area contributed by atoms with E-state index in [0.717, 1.165) is 12.8 Å². The van der Waals surface area contributed by atoms with Gasteiger partial charge in [0.05, 0.1) is 0 Å². The SMILES string of the molecule is CCC(CC)CNC(=O)[C@@H]1CC[C@H](C(=O)O)O1. The van der Waals surface area contributed by atoms with Crippen LogP contribution in [-0.2, 0) is 14.3 Å². The van der Waals surface area contributed by atoms with E-state index in [1.54, 1.807) is 0 Å². The third-order valence-electron chi connectivity index (χ3n) is 3.31. The third-order valence-corrected chi connectivity index (χ3v) is 3.31. The Morgan fingerprint density at radius 3 is 2.35 bits per heavy atom. The van der Waals surface area contributed by atoms with Gasteiger partial charge in [-0.3, -0.25) is 4.79 Å². The first-order valence-corrected chi connectivity index (χ1v) is 6.24. The number of rotatable bonds is 6. The van der Waals surface area contributed by atoms with Crippen LogP contribution in [0.4, 0.5) is 0 Å². The molecule has 1 rings (SSSR count). The molecule has 1 aliphatic rings. The van der Waals surface area contributed by atoms with E-state index in [0.29, 0.717) is 25.3 Å². The molecule has 1 saturated heterocycles. The van der Waals surface area contributed by atoms with Crippen molar-refractivity contribution >= 4 is 11.9 Å². The lowest BCUT2D eigenvalue weighted by molar-refractivity contribution is -0.151. The Morgan fingerprint density at radius 2 is 1.88 bits per heavy atom. The molecule has 0 radical (unpaired) electrons. The van der Waals surface area contributed by atoms with Crippen molar-refractivity contribution in [2.75, 3.05) is 6.54 Å². The van der Waals surface area contributed by atoms with Crippen LogP contribution >= 0.6 is 0 Å². The largest absolute Gasteiger partial charge is 0.479 e. The second-order valence-electron chi connectivity index (χ2n) is 4.46. The van der Waals surface area contributed by atoms with Crippen molar-refractivity contribution in [2.24, 2.45) is 5.92 Å². The molecular formula is C12H21NO4. The first-order chi connectivity index (χ1) is 8.08. The summed E-state index contributed by atoms with van der Waals surface area (Å²) in [5, 5.41) is 11.6. The predicted molar refractivity (Wildman–Crippen MR) is 62.6 cm³/mol. The molecule has 17 heavy (non-hydrogen) atoms. The number of aliphatic carboxylic acids is 1. The number of carboxylic acid groups (broad SMARTS) is 1. The maximum Gasteiger partial charge on any atom is 0.332 e. The van der Waals surface area contributed by atoms with Crippen LogP contribution in [0.25, 0.3) is 0 Å². The zero-order valence-electron chi connectivity index (χ0n) is 10.4. The van der Waals surface area contributed by atoms with Gasteiger partial charge in [0.25, 0.3) is 0 Å². The number of carbonyl (C=O) groups excluding carboxylic acids is 1. The maximum absolute atomic E-state index is 11.7. The first kappa shape index (κ1) is 14.0. The highest BCUT2D eigenvalue weighted by Crippen LogP contribution is 2.20. The molecule has 5 nitrogen and oxygen atoms in total. The quantitative estimate of drug-likeness (QED) is 0.734. The van der Waals surface area contributed by atoms with Gasteiger partial charge >= 0.3 is 5.97 Å². The summed E-state index contributed by atoms with van der Waals surface area (Å²) in [6.07, 6.45) is 1.55. The van der Waals surface area contributed by atoms with Crippen molar-refractivity contribution in [1.29, 1.82) is 0 Å². The lowest BCUT2D eigenvalue weighted by Crippen LogP contribution is -2.38. The molecule has 2 atom stereocenters. The van der Waals surface area contributed by atoms with Gasteiger partial charge in [0.2, 0.25) is 5.91 Å². The van der Waals surface area contributed by atoms with Gasteiger partial charge in [-0.25, -0.2) is 4.79 Å². The molecule has 0 spiro atoms. The molecule has 0 bridgehead atoms. The molecule has 5 heteroatoms. The average Bonchev–Trinajstić information content (AvgIpc) is 2.79. The highest BCUT2D eigenvalue weighted by molar-refractivity contribution is 5.82. The Labute approximate surface area is 102 Å². The zero-order chi connectivity index (χ0) is 12.8. The van der Waals surface area contributed by atoms with Gasteiger partial charge < -0.3 is 15.2 Å². The lowest BCUT2D eigenvalue weighted by Gasteiger charge is -2.16. The summed E-state index contributed by atoms with van der Waals surface area (Å²) < 4.78 is 5.17. The molecule has 0 unspecified atom stereocenters. The van der Waals surface area contributed by atoms with Crippen molar-refractivity contribution in [2.45, 2.75) is 51.7 Å². The Morgan fingerprint density at radius 1 is 1.29 bits per heavy atom. The maximum atomic E-state index is 11.7. The summed E-state index contributed by atoms with van der Waals surface area (Å²) in [5.74, 6) is -0.684. The molecular weight excluding hydrogens is 222 g/mol. The third kappa shape index (κ3) is 4.00. The average molecular weight is 243 g/mol. The van der Waals surface area contributed by atoms with Gasteiger partial charge in [0, 0.05) is 6.54 Å². The fraction of sp³-hybridized carbons (Fsp3) is 0.833. The van der Waals surface area contributed by atoms with Crippen LogP contribution in [0.15, 0.2) is 0 Å². The van der Waals surface area contributed by atoms with E-state index in [-0.39, 0.29) is 5.91 Å². The van der Waals surface area contributed by atoms with Gasteiger partial charge in [0.1, 0.15) is 6.10 Å². The van der Waals surface area contributed by atoms with Gasteiger partial charge in [-0.15, -0.1) is 0 Å². The van der Waals surface area contributed by atoms with Crippen LogP contribution in [-0.4, -0.2) is 35.7 Å². The van der Waals surface area contributed by atoms with Crippen LogP contribution in [0.1, 0.15) is 39.5 Å². The normalized spacial score (nSPS) is 23.9. The minimum atomic E-state index is -0.986. The summed E-state index contributed by atoms with van der Waals surface area (Å²) >= 11 is 0. The number of carboxylic acids is 1. The van der Waals surface area contributed by atoms with E-state index in [9.17, 15) is 9.59 Å². The van der Waals surface area contributed by atoms with Crippen LogP contribution in [0.5, 0.6) is 0 Å². The lowest BCUT2D eigenvalue weighted by atomic mass is 10.0. The number of hydrogen-bond acceptors (Lipinski definition) is 3. The van der Waals surface area contributed by atoms with Crippen LogP contribution < -0.4 is 5.32 Å². The van der Waals surface area contributed by atoms with E-state index >= 15 is 0 Å². The summed E-state index contributed by atoms with van der Waals surface area (Å²) in [6.45, 7) is 4.82. The summed E-state index contributed by atoms with van der Waals surface area (Å²) in [7, 11) is 0. The Kier molecular flexibility index (Phi) is 5.41. The van der Waals surface area contributed by atoms with Crippen molar-refractivity contribution in [3.63, 3.8) is 0 Å². The predicted octanol–water partition coefficient (Wildman–Crippen LogP) is 1.17. The molecule has 1 heterocycles. The highest BCUT2D eigenvalue weighted by Gasteiger charge is 2.34. The molecule has 98 valence electrons. The standard InChI is InChI=1S/C12H21NO4/c1-3-8(4-2)7-13-11(14)9-5-6-10(17-9)12(15)16/h8-10H,3-7H2,1-2H3,(H,13,14)(H,15,16)/t9-,10+/m0/s1. The van der Waals surface area contributed by atoms with Gasteiger partial charge in [-0.1, -0.05) is 26.7 Å². The number of amides is 1. The molecule has 1 amide bonds. The number of hydrogen-bond donors (Lipinski definition) is 2. The van der Waals surface area contributed by atoms with E-state index in [4.69, 9.17) is 9.84 Å². The monoisotopic (exact) mass is 243 g/mol. The topological polar surface area (TPSA) is 75.6 Å². The van der Waals surface area contributed by atoms with Gasteiger partial charge in [-0.2, -0.15) is 0 Å². The van der Waals surface area contributed by atoms with Crippen molar-refractivity contribution < 1.29 is 19.4 Å². The number of ether oxygens (including phenoxy) is 1. The van der Waals surface area contributed by atoms with Crippen molar-refractivity contribution in [1.82, 2.24) is 5.32 Å². The molecule has 0 aromatic rings. The van der Waals surface area contributed by atoms with E-state index in [1.165, 1.54) is 0 Å². The van der Waals surface area contributed by atoms with Crippen molar-refractivity contribution in [3.8, 4) is 0 Å². The fourth-order valence-electron chi connectivity index (χ4n) is 1.95. The molecule has 2 N–H and O–H groups in total. The fourth-order valence-corrected chi connectivity index (χ4v) is 1.95. The van der Waals surface area contributed by atoms with Gasteiger partial charge in [0.15, 0.2) is 6.10 Å². The molecule has 0 saturated carbocycles. The second kappa shape index (κ2) is 6.59.